The summed E-state index contributed by atoms with van der Waals surface area (Å²) >= 11 is 5.94. The van der Waals surface area contributed by atoms with E-state index in [0.717, 1.165) is 11.1 Å². The number of nitrogens with two attached hydrogens (primary N) is 1. The summed E-state index contributed by atoms with van der Waals surface area (Å²) in [5.74, 6) is -2.24. The van der Waals surface area contributed by atoms with E-state index in [1.54, 1.807) is 24.3 Å². The molecule has 0 saturated heterocycles. The van der Waals surface area contributed by atoms with Gasteiger partial charge in [0.15, 0.2) is 0 Å². The number of benzene rings is 3. The van der Waals surface area contributed by atoms with Crippen LogP contribution >= 0.6 is 11.6 Å². The Morgan fingerprint density at radius 1 is 1.00 bits per heavy atom. The second-order valence-corrected chi connectivity index (χ2v) is 9.21. The molecule has 0 aliphatic rings. The number of hydrogen-bond acceptors (Lipinski definition) is 6. The van der Waals surface area contributed by atoms with Crippen LogP contribution in [0.3, 0.4) is 0 Å². The molecule has 0 heterocycles. The van der Waals surface area contributed by atoms with Crippen LogP contribution in [0, 0.1) is 0 Å². The van der Waals surface area contributed by atoms with Gasteiger partial charge in [-0.25, -0.2) is 4.79 Å². The maximum absolute atomic E-state index is 13.0. The molecule has 0 saturated carbocycles. The SMILES string of the molecule is C[C@@H](O)[C@H](N)C(=O)Nc1ccc(C(=O)N[C@@H](CCc2ccccc2)C(=O)O)cc1OCc1ccc(Cl)cc1. The Balaban J connectivity index is 1.79. The fourth-order valence-corrected chi connectivity index (χ4v) is 3.64. The first kappa shape index (κ1) is 28.6. The molecule has 9 nitrogen and oxygen atoms in total. The molecule has 3 atom stereocenters. The van der Waals surface area contributed by atoms with Crippen molar-refractivity contribution in [2.24, 2.45) is 5.73 Å². The zero-order chi connectivity index (χ0) is 27.7. The Hall–Kier alpha value is -3.92. The van der Waals surface area contributed by atoms with Gasteiger partial charge in [0, 0.05) is 10.6 Å². The van der Waals surface area contributed by atoms with Crippen molar-refractivity contribution in [3.8, 4) is 5.75 Å². The molecule has 3 rings (SSSR count). The molecule has 0 unspecified atom stereocenters. The lowest BCUT2D eigenvalue weighted by Crippen LogP contribution is -2.43. The largest absolute Gasteiger partial charge is 0.487 e. The van der Waals surface area contributed by atoms with Crippen LogP contribution in [0.5, 0.6) is 5.75 Å². The lowest BCUT2D eigenvalue weighted by Gasteiger charge is -2.19. The smallest absolute Gasteiger partial charge is 0.326 e. The minimum atomic E-state index is -1.18. The number of rotatable bonds is 12. The standard InChI is InChI=1S/C28H30ClN3O6/c1-17(33)25(30)27(35)31-22-14-10-20(15-24(22)38-16-19-7-11-21(29)12-8-19)26(34)32-23(28(36)37)13-9-18-5-3-2-4-6-18/h2-8,10-12,14-15,17,23,25,33H,9,13,16,30H2,1H3,(H,31,35)(H,32,34)(H,36,37)/t17-,23+,25+/m1/s1. The van der Waals surface area contributed by atoms with E-state index in [9.17, 15) is 24.6 Å². The summed E-state index contributed by atoms with van der Waals surface area (Å²) in [5, 5.41) is 25.0. The summed E-state index contributed by atoms with van der Waals surface area (Å²) in [6.07, 6.45) is -0.402. The lowest BCUT2D eigenvalue weighted by molar-refractivity contribution is -0.139. The van der Waals surface area contributed by atoms with Gasteiger partial charge in [-0.05, 0) is 61.2 Å². The normalized spacial score (nSPS) is 13.2. The highest BCUT2D eigenvalue weighted by molar-refractivity contribution is 6.30. The number of carbonyl (C=O) groups excluding carboxylic acids is 2. The van der Waals surface area contributed by atoms with Gasteiger partial charge in [0.1, 0.15) is 24.4 Å². The number of aliphatic hydroxyl groups excluding tert-OH is 1. The number of nitrogens with one attached hydrogen (secondary N) is 2. The average Bonchev–Trinajstić information content (AvgIpc) is 2.91. The molecule has 0 aliphatic carbocycles. The molecule has 38 heavy (non-hydrogen) atoms. The van der Waals surface area contributed by atoms with Gasteiger partial charge in [-0.1, -0.05) is 54.1 Å². The first-order chi connectivity index (χ1) is 18.1. The molecule has 0 spiro atoms. The van der Waals surface area contributed by atoms with Gasteiger partial charge in [-0.2, -0.15) is 0 Å². The van der Waals surface area contributed by atoms with E-state index in [1.807, 2.05) is 30.3 Å². The molecule has 200 valence electrons. The number of anilines is 1. The number of ether oxygens (including phenoxy) is 1. The molecule has 2 amide bonds. The summed E-state index contributed by atoms with van der Waals surface area (Å²) in [4.78, 5) is 37.2. The molecule has 0 radical (unpaired) electrons. The zero-order valence-corrected chi connectivity index (χ0v) is 21.5. The van der Waals surface area contributed by atoms with Crippen molar-refractivity contribution in [3.63, 3.8) is 0 Å². The van der Waals surface area contributed by atoms with Gasteiger partial charge < -0.3 is 31.3 Å². The molecule has 3 aromatic rings. The number of aliphatic hydroxyl groups is 1. The minimum Gasteiger partial charge on any atom is -0.487 e. The first-order valence-corrected chi connectivity index (χ1v) is 12.3. The van der Waals surface area contributed by atoms with E-state index in [0.29, 0.717) is 11.4 Å². The van der Waals surface area contributed by atoms with E-state index in [-0.39, 0.29) is 30.0 Å². The zero-order valence-electron chi connectivity index (χ0n) is 20.8. The van der Waals surface area contributed by atoms with Crippen molar-refractivity contribution in [2.45, 2.75) is 44.6 Å². The second-order valence-electron chi connectivity index (χ2n) is 8.77. The average molecular weight is 540 g/mol. The number of halogens is 1. The van der Waals surface area contributed by atoms with Crippen LogP contribution in [-0.2, 0) is 22.6 Å². The van der Waals surface area contributed by atoms with E-state index in [1.165, 1.54) is 25.1 Å². The summed E-state index contributed by atoms with van der Waals surface area (Å²) in [5.41, 5.74) is 7.85. The van der Waals surface area contributed by atoms with Crippen molar-refractivity contribution < 1.29 is 29.3 Å². The van der Waals surface area contributed by atoms with Crippen LogP contribution in [-0.4, -0.2) is 46.2 Å². The maximum atomic E-state index is 13.0. The third kappa shape index (κ3) is 8.31. The maximum Gasteiger partial charge on any atom is 0.326 e. The third-order valence-electron chi connectivity index (χ3n) is 5.80. The van der Waals surface area contributed by atoms with Crippen LogP contribution in [0.25, 0.3) is 0 Å². The molecule has 0 aliphatic heterocycles. The molecular weight excluding hydrogens is 510 g/mol. The summed E-state index contributed by atoms with van der Waals surface area (Å²) in [7, 11) is 0. The summed E-state index contributed by atoms with van der Waals surface area (Å²) in [6.45, 7) is 1.49. The molecule has 0 bridgehead atoms. The minimum absolute atomic E-state index is 0.0996. The predicted octanol–water partition coefficient (Wildman–Crippen LogP) is 3.38. The highest BCUT2D eigenvalue weighted by Gasteiger charge is 2.23. The van der Waals surface area contributed by atoms with Crippen molar-refractivity contribution in [1.82, 2.24) is 5.32 Å². The van der Waals surface area contributed by atoms with Crippen LogP contribution in [0.1, 0.15) is 34.8 Å². The van der Waals surface area contributed by atoms with Gasteiger partial charge in [-0.15, -0.1) is 0 Å². The van der Waals surface area contributed by atoms with Gasteiger partial charge in [0.25, 0.3) is 5.91 Å². The van der Waals surface area contributed by atoms with E-state index in [2.05, 4.69) is 10.6 Å². The molecular formula is C28H30ClN3O6. The number of carboxylic acids is 1. The first-order valence-electron chi connectivity index (χ1n) is 12.0. The van der Waals surface area contributed by atoms with Crippen LogP contribution in [0.2, 0.25) is 5.02 Å². The number of hydrogen-bond donors (Lipinski definition) is 5. The van der Waals surface area contributed by atoms with Crippen molar-refractivity contribution in [1.29, 1.82) is 0 Å². The van der Waals surface area contributed by atoms with Crippen LogP contribution in [0.15, 0.2) is 72.8 Å². The third-order valence-corrected chi connectivity index (χ3v) is 6.05. The number of aryl methyl sites for hydroxylation is 1. The predicted molar refractivity (Wildman–Crippen MR) is 144 cm³/mol. The molecule has 10 heteroatoms. The van der Waals surface area contributed by atoms with E-state index >= 15 is 0 Å². The lowest BCUT2D eigenvalue weighted by atomic mass is 10.0. The highest BCUT2D eigenvalue weighted by atomic mass is 35.5. The topological polar surface area (TPSA) is 151 Å². The Labute approximate surface area is 225 Å². The Morgan fingerprint density at radius 2 is 1.68 bits per heavy atom. The molecule has 0 fully saturated rings. The Morgan fingerprint density at radius 3 is 2.32 bits per heavy atom. The van der Waals surface area contributed by atoms with Crippen molar-refractivity contribution >= 4 is 35.1 Å². The van der Waals surface area contributed by atoms with Crippen molar-refractivity contribution in [2.75, 3.05) is 5.32 Å². The summed E-state index contributed by atoms with van der Waals surface area (Å²) < 4.78 is 5.90. The Bertz CT molecular complexity index is 1250. The van der Waals surface area contributed by atoms with E-state index in [4.69, 9.17) is 22.1 Å². The second kappa shape index (κ2) is 13.6. The van der Waals surface area contributed by atoms with Gasteiger partial charge in [-0.3, -0.25) is 9.59 Å². The highest BCUT2D eigenvalue weighted by Crippen LogP contribution is 2.28. The van der Waals surface area contributed by atoms with Gasteiger partial charge >= 0.3 is 5.97 Å². The van der Waals surface area contributed by atoms with Crippen LogP contribution < -0.4 is 21.1 Å². The number of carboxylic acid groups (broad SMARTS) is 1. The molecule has 3 aromatic carbocycles. The quantitative estimate of drug-likeness (QED) is 0.237. The Kier molecular flexibility index (Phi) is 10.2. The monoisotopic (exact) mass is 539 g/mol. The van der Waals surface area contributed by atoms with Crippen LogP contribution in [0.4, 0.5) is 5.69 Å². The number of amides is 2. The molecule has 6 N–H and O–H groups in total. The fourth-order valence-electron chi connectivity index (χ4n) is 3.52. The fraction of sp³-hybridized carbons (Fsp3) is 0.250. The number of aliphatic carboxylic acids is 1. The van der Waals surface area contributed by atoms with Crippen molar-refractivity contribution in [3.05, 3.63) is 94.5 Å². The summed E-state index contributed by atoms with van der Waals surface area (Å²) in [6, 6.07) is 18.3. The van der Waals surface area contributed by atoms with Gasteiger partial charge in [0.2, 0.25) is 5.91 Å². The molecule has 0 aromatic heterocycles. The van der Waals surface area contributed by atoms with E-state index < -0.39 is 36.0 Å². The van der Waals surface area contributed by atoms with Gasteiger partial charge in [0.05, 0.1) is 11.8 Å². The number of carbonyl (C=O) groups is 3.